The van der Waals surface area contributed by atoms with Gasteiger partial charge in [0.05, 0.1) is 17.0 Å². The number of aryl methyl sites for hydroxylation is 1. The number of anilines is 1. The van der Waals surface area contributed by atoms with Crippen LogP contribution in [-0.2, 0) is 12.1 Å². The van der Waals surface area contributed by atoms with Gasteiger partial charge >= 0.3 is 6.18 Å². The third-order valence-corrected chi connectivity index (χ3v) is 4.40. The number of aromatic nitrogens is 1. The Morgan fingerprint density at radius 1 is 1.23 bits per heavy atom. The normalized spacial score (nSPS) is 13.1. The molecule has 0 saturated carbocycles. The molecule has 0 spiro atoms. The Balaban J connectivity index is 2.19. The first-order valence-electron chi connectivity index (χ1n) is 10.1. The van der Waals surface area contributed by atoms with E-state index in [4.69, 9.17) is 20.5 Å². The van der Waals surface area contributed by atoms with Gasteiger partial charge < -0.3 is 15.0 Å². The number of rotatable bonds is 5. The summed E-state index contributed by atoms with van der Waals surface area (Å²) in [4.78, 5) is 26.7. The van der Waals surface area contributed by atoms with E-state index in [1.165, 1.54) is 12.3 Å². The molecular formula is C21H15ClF4N2O3. The summed E-state index contributed by atoms with van der Waals surface area (Å²) in [5.74, 6) is -3.77. The van der Waals surface area contributed by atoms with Crippen LogP contribution in [-0.4, -0.2) is 10.9 Å². The fourth-order valence-corrected chi connectivity index (χ4v) is 3.01. The number of halogens is 5. The van der Waals surface area contributed by atoms with Crippen molar-refractivity contribution in [2.24, 2.45) is 0 Å². The number of carbonyl (C=O) groups is 1. The van der Waals surface area contributed by atoms with Crippen molar-refractivity contribution in [2.45, 2.75) is 18.9 Å². The molecule has 0 aliphatic carbocycles. The number of aromatic amines is 1. The van der Waals surface area contributed by atoms with Crippen LogP contribution in [0.4, 0.5) is 23.2 Å². The Kier molecular flexibility index (Phi) is 5.24. The molecule has 2 aromatic carbocycles. The molecule has 1 aromatic heterocycles. The monoisotopic (exact) mass is 457 g/mol. The van der Waals surface area contributed by atoms with Gasteiger partial charge in [-0.2, -0.15) is 13.2 Å². The minimum Gasteiger partial charge on any atom is -0.456 e. The van der Waals surface area contributed by atoms with Gasteiger partial charge in [-0.3, -0.25) is 9.59 Å². The first-order valence-corrected chi connectivity index (χ1v) is 9.11. The number of hydrogen-bond donors (Lipinski definition) is 2. The van der Waals surface area contributed by atoms with Gasteiger partial charge in [-0.1, -0.05) is 0 Å². The second kappa shape index (κ2) is 8.81. The fraction of sp³-hybridized carbons (Fsp3) is 0.143. The number of benzene rings is 2. The number of hydrogen-bond acceptors (Lipinski definition) is 3. The molecular weight excluding hydrogens is 440 g/mol. The third-order valence-electron chi connectivity index (χ3n) is 4.13. The first-order chi connectivity index (χ1) is 15.8. The average molecular weight is 458 g/mol. The van der Waals surface area contributed by atoms with Gasteiger partial charge in [0, 0.05) is 27.6 Å². The molecule has 162 valence electrons. The van der Waals surface area contributed by atoms with E-state index in [2.05, 4.69) is 10.3 Å². The molecule has 1 heterocycles. The van der Waals surface area contributed by atoms with Crippen LogP contribution in [0.15, 0.2) is 53.5 Å². The zero-order valence-electron chi connectivity index (χ0n) is 18.4. The lowest BCUT2D eigenvalue weighted by Crippen LogP contribution is -2.18. The predicted octanol–water partition coefficient (Wildman–Crippen LogP) is 5.62. The molecule has 0 radical (unpaired) electrons. The predicted molar refractivity (Wildman–Crippen MR) is 107 cm³/mol. The number of pyridine rings is 1. The van der Waals surface area contributed by atoms with Gasteiger partial charge in [0.2, 0.25) is 5.56 Å². The van der Waals surface area contributed by atoms with Crippen molar-refractivity contribution >= 4 is 23.2 Å². The van der Waals surface area contributed by atoms with Gasteiger partial charge in [0.25, 0.3) is 5.91 Å². The minimum atomic E-state index is -4.88. The largest absolute Gasteiger partial charge is 0.456 e. The number of ether oxygens (including phenoxy) is 1. The maximum Gasteiger partial charge on any atom is 0.416 e. The Bertz CT molecular complexity index is 1290. The summed E-state index contributed by atoms with van der Waals surface area (Å²) in [5.41, 5.74) is -3.39. The fourth-order valence-electron chi connectivity index (χ4n) is 2.74. The van der Waals surface area contributed by atoms with Crippen LogP contribution in [0.5, 0.6) is 11.5 Å². The van der Waals surface area contributed by atoms with Crippen molar-refractivity contribution in [3.05, 3.63) is 87.1 Å². The van der Waals surface area contributed by atoms with E-state index in [-0.39, 0.29) is 5.69 Å². The zero-order chi connectivity index (χ0) is 25.3. The van der Waals surface area contributed by atoms with Crippen LogP contribution >= 0.6 is 11.6 Å². The van der Waals surface area contributed by atoms with E-state index in [0.717, 1.165) is 24.3 Å². The van der Waals surface area contributed by atoms with E-state index in [9.17, 15) is 27.2 Å². The van der Waals surface area contributed by atoms with E-state index >= 15 is 0 Å². The van der Waals surface area contributed by atoms with Gasteiger partial charge in [-0.25, -0.2) is 4.39 Å². The average Bonchev–Trinajstić information content (AvgIpc) is 2.73. The highest BCUT2D eigenvalue weighted by molar-refractivity contribution is 6.17. The number of nitrogens with one attached hydrogen (secondary N) is 2. The summed E-state index contributed by atoms with van der Waals surface area (Å²) in [7, 11) is 0. The molecule has 3 rings (SSSR count). The quantitative estimate of drug-likeness (QED) is 0.385. The summed E-state index contributed by atoms with van der Waals surface area (Å²) >= 11 is 5.79. The molecule has 0 saturated heterocycles. The second-order valence-corrected chi connectivity index (χ2v) is 6.51. The van der Waals surface area contributed by atoms with Gasteiger partial charge in [0.15, 0.2) is 0 Å². The standard InChI is InChI=1S/C21H15ClF4N2O3/c1-11-8-12(23)2-5-17(11)31-19-14(3-4-16(15(19)10-22)21(24,25)26)20(30)28-13-6-7-27-18(29)9-13/h2-9H,10H2,1H3,(H2,27,28,29,30)/i1D3. The van der Waals surface area contributed by atoms with Crippen LogP contribution in [0.3, 0.4) is 0 Å². The molecule has 10 heteroatoms. The lowest BCUT2D eigenvalue weighted by Gasteiger charge is -2.20. The van der Waals surface area contributed by atoms with Crippen LogP contribution in [0, 0.1) is 12.7 Å². The number of carbonyl (C=O) groups excluding carboxylic acids is 1. The maximum absolute atomic E-state index is 13.7. The molecule has 5 nitrogen and oxygen atoms in total. The molecule has 0 unspecified atom stereocenters. The maximum atomic E-state index is 13.7. The van der Waals surface area contributed by atoms with Crippen LogP contribution in [0.1, 0.15) is 31.2 Å². The highest BCUT2D eigenvalue weighted by atomic mass is 35.5. The lowest BCUT2D eigenvalue weighted by molar-refractivity contribution is -0.138. The SMILES string of the molecule is [2H]C([2H])([2H])c1cc(F)ccc1Oc1c(C(=O)Nc2cc[nH]c(=O)c2)ccc(C(F)(F)F)c1CCl. The van der Waals surface area contributed by atoms with Gasteiger partial charge in [-0.05, 0) is 48.8 Å². The van der Waals surface area contributed by atoms with Crippen LogP contribution < -0.4 is 15.6 Å². The summed E-state index contributed by atoms with van der Waals surface area (Å²) in [6.45, 7) is -2.88. The highest BCUT2D eigenvalue weighted by Crippen LogP contribution is 2.41. The Labute approximate surface area is 182 Å². The minimum absolute atomic E-state index is 0.0389. The molecule has 0 atom stereocenters. The van der Waals surface area contributed by atoms with Crippen molar-refractivity contribution in [1.29, 1.82) is 0 Å². The molecule has 31 heavy (non-hydrogen) atoms. The number of H-pyrrole nitrogens is 1. The molecule has 2 N–H and O–H groups in total. The summed E-state index contributed by atoms with van der Waals surface area (Å²) in [6.07, 6.45) is -3.63. The van der Waals surface area contributed by atoms with Crippen molar-refractivity contribution in [3.8, 4) is 11.5 Å². The first kappa shape index (κ1) is 18.4. The second-order valence-electron chi connectivity index (χ2n) is 6.24. The van der Waals surface area contributed by atoms with Crippen molar-refractivity contribution in [2.75, 3.05) is 5.32 Å². The Morgan fingerprint density at radius 3 is 2.65 bits per heavy atom. The topological polar surface area (TPSA) is 71.2 Å². The molecule has 0 bridgehead atoms. The summed E-state index contributed by atoms with van der Waals surface area (Å²) in [6, 6.07) is 6.27. The van der Waals surface area contributed by atoms with E-state index in [0.29, 0.717) is 12.1 Å². The summed E-state index contributed by atoms with van der Waals surface area (Å²) < 4.78 is 82.8. The molecule has 0 aliphatic heterocycles. The van der Waals surface area contributed by atoms with Crippen molar-refractivity contribution in [1.82, 2.24) is 4.98 Å². The lowest BCUT2D eigenvalue weighted by atomic mass is 10.0. The molecule has 0 fully saturated rings. The van der Waals surface area contributed by atoms with Crippen molar-refractivity contribution in [3.63, 3.8) is 0 Å². The summed E-state index contributed by atoms with van der Waals surface area (Å²) in [5, 5.41) is 2.35. The molecule has 1 amide bonds. The van der Waals surface area contributed by atoms with Gasteiger partial charge in [0.1, 0.15) is 17.3 Å². The van der Waals surface area contributed by atoms with E-state index in [1.54, 1.807) is 0 Å². The van der Waals surface area contributed by atoms with Gasteiger partial charge in [-0.15, -0.1) is 11.6 Å². The van der Waals surface area contributed by atoms with E-state index < -0.39 is 69.9 Å². The third kappa shape index (κ3) is 5.05. The highest BCUT2D eigenvalue weighted by Gasteiger charge is 2.36. The van der Waals surface area contributed by atoms with Crippen LogP contribution in [0.25, 0.3) is 0 Å². The van der Waals surface area contributed by atoms with E-state index in [1.807, 2.05) is 0 Å². The number of amides is 1. The zero-order valence-corrected chi connectivity index (χ0v) is 16.2. The molecule has 0 aliphatic rings. The smallest absolute Gasteiger partial charge is 0.416 e. The Hall–Kier alpha value is -3.33. The van der Waals surface area contributed by atoms with Crippen LogP contribution in [0.2, 0.25) is 0 Å². The number of alkyl halides is 4. The Morgan fingerprint density at radius 2 is 2.00 bits per heavy atom. The van der Waals surface area contributed by atoms with Crippen molar-refractivity contribution < 1.29 is 31.2 Å². The molecule has 3 aromatic rings.